The van der Waals surface area contributed by atoms with E-state index in [1.807, 2.05) is 4.90 Å². The van der Waals surface area contributed by atoms with Crippen LogP contribution in [0.25, 0.3) is 0 Å². The molecule has 2 aliphatic heterocycles. The number of likely N-dealkylation sites (tertiary alicyclic amines) is 1. The van der Waals surface area contributed by atoms with Crippen LogP contribution in [0.4, 0.5) is 0 Å². The lowest BCUT2D eigenvalue weighted by Crippen LogP contribution is -2.48. The number of amides is 1. The molecule has 0 spiro atoms. The lowest BCUT2D eigenvalue weighted by Gasteiger charge is -2.41. The minimum Gasteiger partial charge on any atom is -0.349 e. The molecule has 6 nitrogen and oxygen atoms in total. The second kappa shape index (κ2) is 6.68. The lowest BCUT2D eigenvalue weighted by atomic mass is 9.75. The van der Waals surface area contributed by atoms with Crippen LogP contribution in [0.2, 0.25) is 0 Å². The number of nitrogens with zero attached hydrogens (tertiary/aromatic N) is 3. The number of benzene rings is 1. The molecule has 0 radical (unpaired) electrons. The number of carbonyl (C=O) groups excluding carboxylic acids is 1. The Morgan fingerprint density at radius 2 is 1.92 bits per heavy atom. The zero-order chi connectivity index (χ0) is 18.3. The maximum absolute atomic E-state index is 12.8. The van der Waals surface area contributed by atoms with Crippen LogP contribution >= 0.6 is 0 Å². The predicted molar refractivity (Wildman–Crippen MR) is 99.4 cm³/mol. The molecular weight excluding hydrogens is 350 g/mol. The van der Waals surface area contributed by atoms with Crippen LogP contribution in [0, 0.1) is 11.8 Å². The van der Waals surface area contributed by atoms with Crippen LogP contribution in [0.1, 0.15) is 37.7 Å². The third kappa shape index (κ3) is 3.13. The SMILES string of the molecule is CN(CC(=O)N1CC[C@@H]2CCCC[C@@H]2C1)C1=NS(=O)(=O)c2ccccc21. The van der Waals surface area contributed by atoms with Gasteiger partial charge in [0.2, 0.25) is 5.91 Å². The molecule has 1 saturated carbocycles. The summed E-state index contributed by atoms with van der Waals surface area (Å²) >= 11 is 0. The zero-order valence-corrected chi connectivity index (χ0v) is 15.9. The van der Waals surface area contributed by atoms with E-state index in [2.05, 4.69) is 4.40 Å². The van der Waals surface area contributed by atoms with Gasteiger partial charge in [0.15, 0.2) is 5.84 Å². The standard InChI is InChI=1S/C19H25N3O3S/c1-21(19-16-8-4-5-9-17(16)26(24,25)20-19)13-18(23)22-11-10-14-6-2-3-7-15(14)12-22/h4-5,8-9,14-15H,2-3,6-7,10-13H2,1H3/t14-,15+/m0/s1. The topological polar surface area (TPSA) is 70.1 Å². The molecule has 0 N–H and O–H groups in total. The van der Waals surface area contributed by atoms with E-state index in [-0.39, 0.29) is 17.3 Å². The summed E-state index contributed by atoms with van der Waals surface area (Å²) < 4.78 is 28.3. The number of piperidine rings is 1. The first-order valence-electron chi connectivity index (χ1n) is 9.39. The van der Waals surface area contributed by atoms with Crippen LogP contribution in [-0.2, 0) is 14.8 Å². The minimum atomic E-state index is -3.65. The summed E-state index contributed by atoms with van der Waals surface area (Å²) in [5, 5.41) is 0. The molecule has 7 heteroatoms. The van der Waals surface area contributed by atoms with E-state index in [1.165, 1.54) is 25.7 Å². The van der Waals surface area contributed by atoms with Gasteiger partial charge in [-0.1, -0.05) is 31.4 Å². The summed E-state index contributed by atoms with van der Waals surface area (Å²) in [4.78, 5) is 16.6. The first-order valence-corrected chi connectivity index (χ1v) is 10.8. The molecule has 0 aromatic heterocycles. The number of rotatable bonds is 2. The van der Waals surface area contributed by atoms with Gasteiger partial charge < -0.3 is 9.80 Å². The summed E-state index contributed by atoms with van der Waals surface area (Å²) in [6.07, 6.45) is 6.22. The van der Waals surface area contributed by atoms with Gasteiger partial charge in [-0.15, -0.1) is 4.40 Å². The summed E-state index contributed by atoms with van der Waals surface area (Å²) in [5.74, 6) is 1.83. The van der Waals surface area contributed by atoms with Gasteiger partial charge in [-0.3, -0.25) is 4.79 Å². The maximum Gasteiger partial charge on any atom is 0.285 e. The van der Waals surface area contributed by atoms with E-state index >= 15 is 0 Å². The summed E-state index contributed by atoms with van der Waals surface area (Å²) in [6, 6.07) is 6.78. The van der Waals surface area contributed by atoms with Crippen molar-refractivity contribution in [2.45, 2.75) is 37.0 Å². The largest absolute Gasteiger partial charge is 0.349 e. The fourth-order valence-corrected chi connectivity index (χ4v) is 5.82. The van der Waals surface area contributed by atoms with Crippen molar-refractivity contribution in [3.63, 3.8) is 0 Å². The highest BCUT2D eigenvalue weighted by Gasteiger charge is 2.35. The summed E-state index contributed by atoms with van der Waals surface area (Å²) in [7, 11) is -1.92. The van der Waals surface area contributed by atoms with Crippen molar-refractivity contribution in [3.05, 3.63) is 29.8 Å². The quantitative estimate of drug-likeness (QED) is 0.794. The second-order valence-corrected chi connectivity index (χ2v) is 9.25. The maximum atomic E-state index is 12.8. The fraction of sp³-hybridized carbons (Fsp3) is 0.579. The van der Waals surface area contributed by atoms with E-state index in [9.17, 15) is 13.2 Å². The number of fused-ring (bicyclic) bond motifs is 2. The molecule has 26 heavy (non-hydrogen) atoms. The molecule has 2 heterocycles. The first-order chi connectivity index (χ1) is 12.5. The van der Waals surface area contributed by atoms with Crippen LogP contribution in [-0.4, -0.2) is 56.6 Å². The number of hydrogen-bond donors (Lipinski definition) is 0. The third-order valence-corrected chi connectivity index (χ3v) is 7.32. The lowest BCUT2D eigenvalue weighted by molar-refractivity contribution is -0.134. The highest BCUT2D eigenvalue weighted by molar-refractivity contribution is 7.90. The smallest absolute Gasteiger partial charge is 0.285 e. The fourth-order valence-electron chi connectivity index (χ4n) is 4.57. The van der Waals surface area contributed by atoms with Gasteiger partial charge in [-0.25, -0.2) is 0 Å². The van der Waals surface area contributed by atoms with Crippen LogP contribution in [0.5, 0.6) is 0 Å². The Labute approximate surface area is 154 Å². The van der Waals surface area contributed by atoms with Gasteiger partial charge in [-0.2, -0.15) is 8.42 Å². The normalized spacial score (nSPS) is 26.7. The highest BCUT2D eigenvalue weighted by Crippen LogP contribution is 2.36. The Morgan fingerprint density at radius 3 is 2.73 bits per heavy atom. The number of sulfonamides is 1. The van der Waals surface area contributed by atoms with Crippen LogP contribution in [0.3, 0.4) is 0 Å². The molecule has 140 valence electrons. The first kappa shape index (κ1) is 17.5. The predicted octanol–water partition coefficient (Wildman–Crippen LogP) is 2.11. The second-order valence-electron chi connectivity index (χ2n) is 7.68. The van der Waals surface area contributed by atoms with E-state index in [1.54, 1.807) is 36.2 Å². The number of amidine groups is 1. The Balaban J connectivity index is 1.45. The summed E-state index contributed by atoms with van der Waals surface area (Å²) in [5.41, 5.74) is 0.578. The Kier molecular flexibility index (Phi) is 4.50. The summed E-state index contributed by atoms with van der Waals surface area (Å²) in [6.45, 7) is 1.81. The molecular formula is C19H25N3O3S. The Hall–Kier alpha value is -1.89. The Morgan fingerprint density at radius 1 is 1.19 bits per heavy atom. The van der Waals surface area contributed by atoms with Gasteiger partial charge in [-0.05, 0) is 36.8 Å². The van der Waals surface area contributed by atoms with E-state index in [0.29, 0.717) is 17.3 Å². The average molecular weight is 375 g/mol. The van der Waals surface area contributed by atoms with Gasteiger partial charge in [0.1, 0.15) is 4.90 Å². The van der Waals surface area contributed by atoms with Crippen LogP contribution < -0.4 is 0 Å². The van der Waals surface area contributed by atoms with Crippen molar-refractivity contribution in [2.24, 2.45) is 16.2 Å². The molecule has 1 aromatic carbocycles. The third-order valence-electron chi connectivity index (χ3n) is 5.99. The molecule has 2 fully saturated rings. The van der Waals surface area contributed by atoms with Crippen molar-refractivity contribution in [1.82, 2.24) is 9.80 Å². The van der Waals surface area contributed by atoms with Crippen molar-refractivity contribution < 1.29 is 13.2 Å². The number of hydrogen-bond acceptors (Lipinski definition) is 4. The molecule has 1 aromatic rings. The molecule has 2 atom stereocenters. The molecule has 3 aliphatic rings. The monoisotopic (exact) mass is 375 g/mol. The van der Waals surface area contributed by atoms with Crippen molar-refractivity contribution in [1.29, 1.82) is 0 Å². The van der Waals surface area contributed by atoms with E-state index < -0.39 is 10.0 Å². The van der Waals surface area contributed by atoms with E-state index in [0.717, 1.165) is 25.4 Å². The molecule has 4 rings (SSSR count). The average Bonchev–Trinajstić information content (AvgIpc) is 2.93. The van der Waals surface area contributed by atoms with E-state index in [4.69, 9.17) is 0 Å². The van der Waals surface area contributed by atoms with Crippen LogP contribution in [0.15, 0.2) is 33.6 Å². The van der Waals surface area contributed by atoms with Gasteiger partial charge in [0, 0.05) is 25.7 Å². The highest BCUT2D eigenvalue weighted by atomic mass is 32.2. The molecule has 0 bridgehead atoms. The number of carbonyl (C=O) groups is 1. The molecule has 1 amide bonds. The van der Waals surface area contributed by atoms with Crippen molar-refractivity contribution in [2.75, 3.05) is 26.7 Å². The van der Waals surface area contributed by atoms with Gasteiger partial charge in [0.05, 0.1) is 6.54 Å². The van der Waals surface area contributed by atoms with Crippen molar-refractivity contribution >= 4 is 21.8 Å². The molecule has 1 saturated heterocycles. The zero-order valence-electron chi connectivity index (χ0n) is 15.1. The number of likely N-dealkylation sites (N-methyl/N-ethyl adjacent to an activating group) is 1. The van der Waals surface area contributed by atoms with Gasteiger partial charge in [0.25, 0.3) is 10.0 Å². The van der Waals surface area contributed by atoms with Crippen molar-refractivity contribution in [3.8, 4) is 0 Å². The molecule has 0 unspecified atom stereocenters. The van der Waals surface area contributed by atoms with Gasteiger partial charge >= 0.3 is 0 Å². The minimum absolute atomic E-state index is 0.0565. The Bertz CT molecular complexity index is 849. The molecule has 1 aliphatic carbocycles.